The maximum absolute atomic E-state index is 6.38. The second kappa shape index (κ2) is 7.25. The monoisotopic (exact) mass is 326 g/mol. The maximum atomic E-state index is 6.38. The van der Waals surface area contributed by atoms with Crippen LogP contribution >= 0.6 is 23.2 Å². The number of pyridine rings is 1. The van der Waals surface area contributed by atoms with Crippen LogP contribution in [-0.2, 0) is 0 Å². The smallest absolute Gasteiger partial charge is 0.0837 e. The van der Waals surface area contributed by atoms with Gasteiger partial charge in [-0.25, -0.2) is 0 Å². The number of hydrogen-bond donors (Lipinski definition) is 1. The van der Waals surface area contributed by atoms with Crippen LogP contribution in [-0.4, -0.2) is 21.3 Å². The molecule has 0 spiro atoms. The summed E-state index contributed by atoms with van der Waals surface area (Å²) >= 11 is 12.7. The molecule has 2 heterocycles. The first kappa shape index (κ1) is 16.3. The second-order valence-corrected chi connectivity index (χ2v) is 6.01. The Hall–Kier alpha value is -1.10. The zero-order valence-corrected chi connectivity index (χ0v) is 14.0. The number of rotatable bonds is 6. The summed E-state index contributed by atoms with van der Waals surface area (Å²) in [7, 11) is 0. The molecule has 4 nitrogen and oxygen atoms in total. The summed E-state index contributed by atoms with van der Waals surface area (Å²) in [4.78, 5) is 4.05. The lowest BCUT2D eigenvalue weighted by molar-refractivity contribution is 0.472. The Kier molecular flexibility index (Phi) is 5.62. The van der Waals surface area contributed by atoms with Crippen molar-refractivity contribution in [1.82, 2.24) is 20.1 Å². The highest BCUT2D eigenvalue weighted by Gasteiger charge is 2.24. The van der Waals surface area contributed by atoms with Crippen molar-refractivity contribution in [2.45, 2.75) is 39.3 Å². The van der Waals surface area contributed by atoms with E-state index in [1.54, 1.807) is 18.6 Å². The van der Waals surface area contributed by atoms with Gasteiger partial charge in [0.05, 0.1) is 28.0 Å². The van der Waals surface area contributed by atoms with Gasteiger partial charge in [0.25, 0.3) is 0 Å². The summed E-state index contributed by atoms with van der Waals surface area (Å²) in [5.74, 6) is 0. The molecular formula is C15H20Cl2N4. The molecule has 1 N–H and O–H groups in total. The first-order chi connectivity index (χ1) is 10.1. The van der Waals surface area contributed by atoms with Crippen molar-refractivity contribution in [3.05, 3.63) is 46.0 Å². The van der Waals surface area contributed by atoms with Crippen molar-refractivity contribution in [1.29, 1.82) is 0 Å². The molecule has 1 unspecified atom stereocenters. The number of nitrogens with zero attached hydrogens (tertiary/aromatic N) is 3. The Bertz CT molecular complexity index is 595. The summed E-state index contributed by atoms with van der Waals surface area (Å²) in [6.45, 7) is 7.15. The minimum Gasteiger partial charge on any atom is -0.305 e. The Morgan fingerprint density at radius 3 is 2.62 bits per heavy atom. The van der Waals surface area contributed by atoms with Gasteiger partial charge in [-0.2, -0.15) is 5.10 Å². The minimum absolute atomic E-state index is 0.0992. The molecule has 0 radical (unpaired) electrons. The van der Waals surface area contributed by atoms with E-state index in [0.717, 1.165) is 24.2 Å². The van der Waals surface area contributed by atoms with Crippen molar-refractivity contribution >= 4 is 23.2 Å². The largest absolute Gasteiger partial charge is 0.305 e. The Labute approximate surface area is 135 Å². The second-order valence-electron chi connectivity index (χ2n) is 5.20. The van der Waals surface area contributed by atoms with Gasteiger partial charge in [-0.05, 0) is 38.4 Å². The molecule has 0 aliphatic heterocycles. The van der Waals surface area contributed by atoms with Gasteiger partial charge in [0, 0.05) is 18.4 Å². The van der Waals surface area contributed by atoms with Gasteiger partial charge >= 0.3 is 0 Å². The lowest BCUT2D eigenvalue weighted by Gasteiger charge is -2.23. The van der Waals surface area contributed by atoms with Gasteiger partial charge < -0.3 is 5.32 Å². The van der Waals surface area contributed by atoms with Gasteiger partial charge in [0.15, 0.2) is 0 Å². The first-order valence-electron chi connectivity index (χ1n) is 7.12. The first-order valence-corrected chi connectivity index (χ1v) is 7.87. The van der Waals surface area contributed by atoms with E-state index < -0.39 is 0 Å². The average Bonchev–Trinajstić information content (AvgIpc) is 2.83. The molecule has 114 valence electrons. The van der Waals surface area contributed by atoms with Gasteiger partial charge in [-0.15, -0.1) is 0 Å². The summed E-state index contributed by atoms with van der Waals surface area (Å²) in [5.41, 5.74) is 1.90. The van der Waals surface area contributed by atoms with E-state index in [4.69, 9.17) is 23.2 Å². The van der Waals surface area contributed by atoms with Gasteiger partial charge in [0.1, 0.15) is 0 Å². The molecule has 0 fully saturated rings. The van der Waals surface area contributed by atoms with E-state index in [-0.39, 0.29) is 12.1 Å². The number of nitrogens with one attached hydrogen (secondary N) is 1. The lowest BCUT2D eigenvalue weighted by Crippen LogP contribution is -2.27. The van der Waals surface area contributed by atoms with Crippen LogP contribution in [0.5, 0.6) is 0 Å². The van der Waals surface area contributed by atoms with Gasteiger partial charge in [-0.1, -0.05) is 30.1 Å². The van der Waals surface area contributed by atoms with E-state index in [2.05, 4.69) is 36.2 Å². The predicted octanol–water partition coefficient (Wildman–Crippen LogP) is 4.25. The zero-order chi connectivity index (χ0) is 15.4. The van der Waals surface area contributed by atoms with Crippen molar-refractivity contribution in [2.24, 2.45) is 0 Å². The standard InChI is InChI=1S/C15H20Cl2N4/c1-4-6-19-14(11-5-7-18-8-12(11)16)15-13(17)9-20-21(15)10(2)3/h5,7-10,14,19H,4,6H2,1-3H3. The molecule has 0 saturated heterocycles. The molecule has 0 aromatic carbocycles. The number of halogens is 2. The highest BCUT2D eigenvalue weighted by atomic mass is 35.5. The Morgan fingerprint density at radius 1 is 1.24 bits per heavy atom. The van der Waals surface area contributed by atoms with E-state index >= 15 is 0 Å². The maximum Gasteiger partial charge on any atom is 0.0837 e. The van der Waals surface area contributed by atoms with Crippen molar-refractivity contribution < 1.29 is 0 Å². The topological polar surface area (TPSA) is 42.7 Å². The fourth-order valence-corrected chi connectivity index (χ4v) is 2.76. The minimum atomic E-state index is -0.0992. The van der Waals surface area contributed by atoms with Crippen LogP contribution in [0.15, 0.2) is 24.7 Å². The molecule has 21 heavy (non-hydrogen) atoms. The fraction of sp³-hybridized carbons (Fsp3) is 0.467. The van der Waals surface area contributed by atoms with Crippen molar-refractivity contribution in [3.63, 3.8) is 0 Å². The highest BCUT2D eigenvalue weighted by Crippen LogP contribution is 2.33. The van der Waals surface area contributed by atoms with E-state index in [9.17, 15) is 0 Å². The Balaban J connectivity index is 2.51. The molecule has 0 aliphatic rings. The third-order valence-corrected chi connectivity index (χ3v) is 3.87. The van der Waals surface area contributed by atoms with Crippen molar-refractivity contribution in [3.8, 4) is 0 Å². The molecule has 2 aromatic rings. The van der Waals surface area contributed by atoms with Crippen LogP contribution in [0.4, 0.5) is 0 Å². The van der Waals surface area contributed by atoms with Crippen LogP contribution in [0.1, 0.15) is 50.5 Å². The predicted molar refractivity (Wildman–Crippen MR) is 87.0 cm³/mol. The summed E-state index contributed by atoms with van der Waals surface area (Å²) in [6.07, 6.45) is 6.10. The molecular weight excluding hydrogens is 307 g/mol. The Morgan fingerprint density at radius 2 is 2.00 bits per heavy atom. The molecule has 6 heteroatoms. The lowest BCUT2D eigenvalue weighted by atomic mass is 10.0. The molecule has 0 bridgehead atoms. The van der Waals surface area contributed by atoms with E-state index in [1.807, 2.05) is 10.7 Å². The van der Waals surface area contributed by atoms with E-state index in [1.165, 1.54) is 0 Å². The van der Waals surface area contributed by atoms with Crippen LogP contribution in [0, 0.1) is 0 Å². The van der Waals surface area contributed by atoms with Crippen LogP contribution in [0.25, 0.3) is 0 Å². The fourth-order valence-electron chi connectivity index (χ4n) is 2.29. The molecule has 0 aliphatic carbocycles. The highest BCUT2D eigenvalue weighted by molar-refractivity contribution is 6.32. The van der Waals surface area contributed by atoms with Gasteiger partial charge in [-0.3, -0.25) is 9.67 Å². The normalized spacial score (nSPS) is 12.9. The summed E-state index contributed by atoms with van der Waals surface area (Å²) < 4.78 is 1.94. The third-order valence-electron chi connectivity index (χ3n) is 3.26. The van der Waals surface area contributed by atoms with Gasteiger partial charge in [0.2, 0.25) is 0 Å². The molecule has 2 rings (SSSR count). The molecule has 0 amide bonds. The number of aromatic nitrogens is 3. The van der Waals surface area contributed by atoms with Crippen LogP contribution in [0.2, 0.25) is 10.0 Å². The zero-order valence-electron chi connectivity index (χ0n) is 12.5. The van der Waals surface area contributed by atoms with E-state index in [0.29, 0.717) is 10.0 Å². The van der Waals surface area contributed by atoms with Crippen LogP contribution in [0.3, 0.4) is 0 Å². The van der Waals surface area contributed by atoms with Crippen molar-refractivity contribution in [2.75, 3.05) is 6.54 Å². The third kappa shape index (κ3) is 3.57. The quantitative estimate of drug-likeness (QED) is 0.862. The molecule has 0 saturated carbocycles. The number of hydrogen-bond acceptors (Lipinski definition) is 3. The SMILES string of the molecule is CCCNC(c1ccncc1Cl)c1c(Cl)cnn1C(C)C. The summed E-state index contributed by atoms with van der Waals surface area (Å²) in [5, 5.41) is 9.16. The average molecular weight is 327 g/mol. The van der Waals surface area contributed by atoms with Crippen LogP contribution < -0.4 is 5.32 Å². The molecule has 1 atom stereocenters. The molecule has 2 aromatic heterocycles. The summed E-state index contributed by atoms with van der Waals surface area (Å²) in [6, 6.07) is 2.04.